The highest BCUT2D eigenvalue weighted by Crippen LogP contribution is 2.34. The molecule has 2 aromatic carbocycles. The molecule has 1 saturated carbocycles. The maximum atomic E-state index is 13.3. The van der Waals surface area contributed by atoms with Crippen molar-refractivity contribution in [2.75, 3.05) is 5.32 Å². The molecule has 38 heavy (non-hydrogen) atoms. The van der Waals surface area contributed by atoms with E-state index < -0.39 is 16.4 Å². The van der Waals surface area contributed by atoms with Crippen molar-refractivity contribution in [3.63, 3.8) is 0 Å². The number of nitriles is 1. The maximum absolute atomic E-state index is 13.3. The molecule has 3 aromatic rings. The molecule has 1 aliphatic heterocycles. The highest BCUT2D eigenvalue weighted by molar-refractivity contribution is 7.10. The summed E-state index contributed by atoms with van der Waals surface area (Å²) in [7, 11) is 0. The van der Waals surface area contributed by atoms with E-state index in [1.54, 1.807) is 24.3 Å². The average Bonchev–Trinajstić information content (AvgIpc) is 3.47. The van der Waals surface area contributed by atoms with Crippen molar-refractivity contribution in [2.45, 2.75) is 45.3 Å². The Hall–Kier alpha value is -4.50. The van der Waals surface area contributed by atoms with Crippen molar-refractivity contribution in [1.82, 2.24) is 9.27 Å². The summed E-state index contributed by atoms with van der Waals surface area (Å²) in [6, 6.07) is 11.5. The normalized spacial score (nSPS) is 15.6. The molecule has 194 valence electrons. The van der Waals surface area contributed by atoms with Gasteiger partial charge in [0.25, 0.3) is 17.2 Å². The Balaban J connectivity index is 1.37. The molecule has 1 amide bonds. The molecule has 0 bridgehead atoms. The zero-order valence-electron chi connectivity index (χ0n) is 20.6. The summed E-state index contributed by atoms with van der Waals surface area (Å²) in [6.07, 6.45) is 3.29. The average molecular weight is 532 g/mol. The predicted molar refractivity (Wildman–Crippen MR) is 144 cm³/mol. The summed E-state index contributed by atoms with van der Waals surface area (Å²) >= 11 is 1.02. The van der Waals surface area contributed by atoms with Crippen LogP contribution in [0.1, 0.15) is 58.8 Å². The number of hydrogen-bond donors (Lipinski definition) is 3. The Morgan fingerprint density at radius 3 is 2.79 bits per heavy atom. The number of nitro benzene ring substituents is 1. The summed E-state index contributed by atoms with van der Waals surface area (Å²) in [4.78, 5) is 43.0. The first-order valence-electron chi connectivity index (χ1n) is 12.1. The number of nitrogens with two attached hydrogens (primary N) is 1. The van der Waals surface area contributed by atoms with Crippen LogP contribution < -0.4 is 16.6 Å². The van der Waals surface area contributed by atoms with Gasteiger partial charge >= 0.3 is 0 Å². The fourth-order valence-electron chi connectivity index (χ4n) is 4.66. The number of amides is 1. The monoisotopic (exact) mass is 531 g/mol. The smallest absolute Gasteiger partial charge is 0.284 e. The van der Waals surface area contributed by atoms with Crippen LogP contribution in [0.15, 0.2) is 46.2 Å². The number of amidine groups is 1. The quantitative estimate of drug-likeness (QED) is 0.171. The molecular weight excluding hydrogens is 506 g/mol. The van der Waals surface area contributed by atoms with Gasteiger partial charge in [-0.3, -0.25) is 29.1 Å². The van der Waals surface area contributed by atoms with Crippen LogP contribution in [0.25, 0.3) is 0 Å². The van der Waals surface area contributed by atoms with Crippen molar-refractivity contribution in [2.24, 2.45) is 16.6 Å². The molecule has 0 spiro atoms. The van der Waals surface area contributed by atoms with Crippen LogP contribution in [-0.4, -0.2) is 32.0 Å². The van der Waals surface area contributed by atoms with Crippen LogP contribution in [0.2, 0.25) is 0 Å². The summed E-state index contributed by atoms with van der Waals surface area (Å²) in [5, 5.41) is 24.5. The Kier molecular flexibility index (Phi) is 6.69. The van der Waals surface area contributed by atoms with Crippen LogP contribution in [0.3, 0.4) is 0 Å². The zero-order valence-corrected chi connectivity index (χ0v) is 21.4. The molecule has 4 N–H and O–H groups in total. The van der Waals surface area contributed by atoms with Gasteiger partial charge in [0.15, 0.2) is 0 Å². The molecule has 2 heterocycles. The fraction of sp³-hybridized carbons (Fsp3) is 0.308. The molecule has 11 nitrogen and oxygen atoms in total. The van der Waals surface area contributed by atoms with Gasteiger partial charge in [-0.05, 0) is 66.2 Å². The van der Waals surface area contributed by atoms with E-state index >= 15 is 0 Å². The number of aliphatic imine (C=N–C) groups is 1. The van der Waals surface area contributed by atoms with Gasteiger partial charge in [0.2, 0.25) is 0 Å². The van der Waals surface area contributed by atoms with Crippen LogP contribution in [0, 0.1) is 27.4 Å². The summed E-state index contributed by atoms with van der Waals surface area (Å²) in [5.74, 6) is 0.287. The lowest BCUT2D eigenvalue weighted by atomic mass is 10.1. The third kappa shape index (κ3) is 5.14. The standard InChI is InChI=1S/C26H25N7O4S/c1-14(8-15-2-3-15)29-23(28)22-24(34)31-38-25(22)30-19-6-7-20(21(10-19)33(36)37)26(35)32-12-17-5-4-16(11-27)9-18(17)13-32/h4-7,9-10,14-15,30H,2-3,8,12-13H2,1H3,(H2,28,29)(H,31,34). The number of fused-ring (bicyclic) bond motifs is 1. The Morgan fingerprint density at radius 1 is 1.32 bits per heavy atom. The zero-order chi connectivity index (χ0) is 27.0. The number of hydrogen-bond acceptors (Lipinski definition) is 8. The number of carbonyl (C=O) groups excluding carboxylic acids is 1. The number of aromatic nitrogens is 1. The first-order valence-corrected chi connectivity index (χ1v) is 13.0. The minimum absolute atomic E-state index is 0.0238. The predicted octanol–water partition coefficient (Wildman–Crippen LogP) is 4.01. The van der Waals surface area contributed by atoms with E-state index in [-0.39, 0.29) is 35.2 Å². The van der Waals surface area contributed by atoms with Gasteiger partial charge in [-0.15, -0.1) is 0 Å². The van der Waals surface area contributed by atoms with E-state index in [4.69, 9.17) is 11.0 Å². The third-order valence-electron chi connectivity index (χ3n) is 6.71. The van der Waals surface area contributed by atoms with Crippen LogP contribution in [0.4, 0.5) is 16.4 Å². The summed E-state index contributed by atoms with van der Waals surface area (Å²) in [5.41, 5.74) is 8.12. The van der Waals surface area contributed by atoms with E-state index in [2.05, 4.69) is 20.8 Å². The first-order chi connectivity index (χ1) is 18.2. The van der Waals surface area contributed by atoms with E-state index in [1.807, 2.05) is 6.92 Å². The number of benzene rings is 2. The van der Waals surface area contributed by atoms with Gasteiger partial charge < -0.3 is 16.0 Å². The Bertz CT molecular complexity index is 1560. The molecule has 1 atom stereocenters. The van der Waals surface area contributed by atoms with Gasteiger partial charge in [0.1, 0.15) is 22.0 Å². The van der Waals surface area contributed by atoms with Crippen LogP contribution in [-0.2, 0) is 13.1 Å². The number of rotatable bonds is 8. The Morgan fingerprint density at radius 2 is 2.08 bits per heavy atom. The number of nitro groups is 1. The third-order valence-corrected chi connectivity index (χ3v) is 7.51. The minimum Gasteiger partial charge on any atom is -0.383 e. The van der Waals surface area contributed by atoms with Gasteiger partial charge in [0.05, 0.1) is 16.6 Å². The molecule has 5 rings (SSSR count). The lowest BCUT2D eigenvalue weighted by molar-refractivity contribution is -0.385. The summed E-state index contributed by atoms with van der Waals surface area (Å²) < 4.78 is 2.63. The molecule has 1 fully saturated rings. The van der Waals surface area contributed by atoms with E-state index in [0.717, 1.165) is 29.1 Å². The van der Waals surface area contributed by atoms with Gasteiger partial charge in [0, 0.05) is 30.9 Å². The molecule has 1 aliphatic carbocycles. The Labute approximate surface area is 221 Å². The number of anilines is 2. The van der Waals surface area contributed by atoms with Crippen LogP contribution >= 0.6 is 11.5 Å². The molecule has 1 unspecified atom stereocenters. The lowest BCUT2D eigenvalue weighted by Crippen LogP contribution is -2.26. The number of H-pyrrole nitrogens is 1. The largest absolute Gasteiger partial charge is 0.383 e. The second-order valence-electron chi connectivity index (χ2n) is 9.65. The molecule has 0 radical (unpaired) electrons. The van der Waals surface area contributed by atoms with Gasteiger partial charge in [-0.2, -0.15) is 5.26 Å². The van der Waals surface area contributed by atoms with Crippen molar-refractivity contribution >= 4 is 39.7 Å². The van der Waals surface area contributed by atoms with Crippen molar-refractivity contribution in [3.8, 4) is 6.07 Å². The number of aromatic amines is 1. The highest BCUT2D eigenvalue weighted by Gasteiger charge is 2.30. The second kappa shape index (κ2) is 10.1. The maximum Gasteiger partial charge on any atom is 0.284 e. The second-order valence-corrected chi connectivity index (χ2v) is 10.5. The number of carbonyl (C=O) groups is 1. The molecular formula is C26H25N7O4S. The SMILES string of the molecule is CC(CC1CC1)N=C(N)c1c(Nc2ccc(C(=O)N3Cc4ccc(C#N)cc4C3)c([N+](=O)[O-])c2)s[nH]c1=O. The number of nitrogens with zero attached hydrogens (tertiary/aromatic N) is 4. The fourth-order valence-corrected chi connectivity index (χ4v) is 5.43. The summed E-state index contributed by atoms with van der Waals surface area (Å²) in [6.45, 7) is 2.52. The van der Waals surface area contributed by atoms with Gasteiger partial charge in [-0.25, -0.2) is 0 Å². The highest BCUT2D eigenvalue weighted by atomic mass is 32.1. The van der Waals surface area contributed by atoms with E-state index in [0.29, 0.717) is 28.7 Å². The number of nitrogens with one attached hydrogen (secondary N) is 2. The van der Waals surface area contributed by atoms with Crippen molar-refractivity contribution < 1.29 is 9.72 Å². The van der Waals surface area contributed by atoms with Crippen molar-refractivity contribution in [1.29, 1.82) is 5.26 Å². The topological polar surface area (TPSA) is 171 Å². The van der Waals surface area contributed by atoms with E-state index in [1.165, 1.54) is 29.9 Å². The minimum atomic E-state index is -0.606. The van der Waals surface area contributed by atoms with E-state index in [9.17, 15) is 19.7 Å². The lowest BCUT2D eigenvalue weighted by Gasteiger charge is -2.16. The van der Waals surface area contributed by atoms with Crippen molar-refractivity contribution in [3.05, 3.63) is 84.7 Å². The van der Waals surface area contributed by atoms with Crippen LogP contribution in [0.5, 0.6) is 0 Å². The molecule has 2 aliphatic rings. The van der Waals surface area contributed by atoms with Gasteiger partial charge in [-0.1, -0.05) is 18.9 Å². The molecule has 12 heteroatoms. The first kappa shape index (κ1) is 25.2. The molecule has 0 saturated heterocycles. The molecule has 1 aromatic heterocycles.